The summed E-state index contributed by atoms with van der Waals surface area (Å²) in [6, 6.07) is 5.45. The van der Waals surface area contributed by atoms with Crippen LogP contribution < -0.4 is 5.73 Å². The molecule has 1 aliphatic heterocycles. The lowest BCUT2D eigenvalue weighted by molar-refractivity contribution is 0.0784. The number of amides is 1. The van der Waals surface area contributed by atoms with Crippen LogP contribution in [0.3, 0.4) is 0 Å². The van der Waals surface area contributed by atoms with Crippen LogP contribution in [0.15, 0.2) is 18.2 Å². The molecule has 1 aromatic carbocycles. The summed E-state index contributed by atoms with van der Waals surface area (Å²) < 4.78 is 0. The summed E-state index contributed by atoms with van der Waals surface area (Å²) in [5.74, 6) is -0.00600. The van der Waals surface area contributed by atoms with E-state index in [0.717, 1.165) is 19.5 Å². The van der Waals surface area contributed by atoms with Gasteiger partial charge in [-0.2, -0.15) is 0 Å². The number of likely N-dealkylation sites (N-methyl/N-ethyl adjacent to an activating group) is 1. The number of benzene rings is 1. The maximum absolute atomic E-state index is 12.3. The first-order valence-corrected chi connectivity index (χ1v) is 6.37. The fourth-order valence-electron chi connectivity index (χ4n) is 2.25. The molecule has 4 nitrogen and oxygen atoms in total. The van der Waals surface area contributed by atoms with Crippen LogP contribution in [0.1, 0.15) is 16.8 Å². The molecule has 1 fully saturated rings. The van der Waals surface area contributed by atoms with Gasteiger partial charge in [0, 0.05) is 29.8 Å². The van der Waals surface area contributed by atoms with E-state index in [-0.39, 0.29) is 5.91 Å². The number of hydrogen-bond acceptors (Lipinski definition) is 3. The van der Waals surface area contributed by atoms with Gasteiger partial charge in [-0.15, -0.1) is 0 Å². The summed E-state index contributed by atoms with van der Waals surface area (Å²) in [7, 11) is 4.07. The second-order valence-corrected chi connectivity index (χ2v) is 5.33. The normalized spacial score (nSPS) is 19.6. The molecule has 0 spiro atoms. The largest absolute Gasteiger partial charge is 0.398 e. The quantitative estimate of drug-likeness (QED) is 0.830. The average molecular weight is 268 g/mol. The molecular weight excluding hydrogens is 250 g/mol. The molecule has 0 aromatic heterocycles. The summed E-state index contributed by atoms with van der Waals surface area (Å²) in [4.78, 5) is 16.3. The molecule has 18 heavy (non-hydrogen) atoms. The van der Waals surface area contributed by atoms with Gasteiger partial charge in [0.2, 0.25) is 0 Å². The fraction of sp³-hybridized carbons (Fsp3) is 0.462. The van der Waals surface area contributed by atoms with Gasteiger partial charge in [0.25, 0.3) is 5.91 Å². The Balaban J connectivity index is 2.13. The zero-order valence-corrected chi connectivity index (χ0v) is 11.4. The number of carbonyl (C=O) groups is 1. The van der Waals surface area contributed by atoms with Crippen LogP contribution in [0.25, 0.3) is 0 Å². The highest BCUT2D eigenvalue weighted by Gasteiger charge is 2.28. The van der Waals surface area contributed by atoms with Crippen molar-refractivity contribution in [1.82, 2.24) is 9.80 Å². The van der Waals surface area contributed by atoms with E-state index >= 15 is 0 Å². The Hall–Kier alpha value is -1.26. The smallest absolute Gasteiger partial charge is 0.255 e. The third kappa shape index (κ3) is 2.60. The molecule has 98 valence electrons. The van der Waals surface area contributed by atoms with Gasteiger partial charge in [-0.1, -0.05) is 11.6 Å². The predicted molar refractivity (Wildman–Crippen MR) is 73.9 cm³/mol. The van der Waals surface area contributed by atoms with Gasteiger partial charge in [0.05, 0.1) is 5.56 Å². The Morgan fingerprint density at radius 1 is 1.50 bits per heavy atom. The van der Waals surface area contributed by atoms with Crippen molar-refractivity contribution in [3.8, 4) is 0 Å². The van der Waals surface area contributed by atoms with Crippen LogP contribution in [-0.2, 0) is 0 Å². The molecular formula is C13H18ClN3O. The van der Waals surface area contributed by atoms with Crippen LogP contribution >= 0.6 is 11.6 Å². The number of nitrogens with two attached hydrogens (primary N) is 1. The van der Waals surface area contributed by atoms with E-state index in [1.54, 1.807) is 18.2 Å². The summed E-state index contributed by atoms with van der Waals surface area (Å²) >= 11 is 5.83. The molecule has 1 aromatic rings. The number of rotatable bonds is 2. The lowest BCUT2D eigenvalue weighted by atomic mass is 10.1. The van der Waals surface area contributed by atoms with Crippen molar-refractivity contribution in [3.63, 3.8) is 0 Å². The highest BCUT2D eigenvalue weighted by molar-refractivity contribution is 6.31. The van der Waals surface area contributed by atoms with E-state index in [1.165, 1.54) is 0 Å². The third-order valence-electron chi connectivity index (χ3n) is 3.42. The molecule has 2 N–H and O–H groups in total. The Morgan fingerprint density at radius 2 is 2.22 bits per heavy atom. The Morgan fingerprint density at radius 3 is 2.78 bits per heavy atom. The van der Waals surface area contributed by atoms with Gasteiger partial charge in [0.1, 0.15) is 0 Å². The van der Waals surface area contributed by atoms with E-state index in [1.807, 2.05) is 19.0 Å². The van der Waals surface area contributed by atoms with Crippen molar-refractivity contribution >= 4 is 23.2 Å². The first kappa shape index (κ1) is 13.2. The molecule has 1 amide bonds. The van der Waals surface area contributed by atoms with Gasteiger partial charge >= 0.3 is 0 Å². The van der Waals surface area contributed by atoms with Crippen molar-refractivity contribution < 1.29 is 4.79 Å². The molecule has 1 saturated heterocycles. The molecule has 0 aliphatic carbocycles. The van der Waals surface area contributed by atoms with Crippen molar-refractivity contribution in [1.29, 1.82) is 0 Å². The van der Waals surface area contributed by atoms with Crippen molar-refractivity contribution in [2.24, 2.45) is 0 Å². The second kappa shape index (κ2) is 5.16. The minimum Gasteiger partial charge on any atom is -0.398 e. The third-order valence-corrected chi connectivity index (χ3v) is 3.66. The summed E-state index contributed by atoms with van der Waals surface area (Å²) in [5.41, 5.74) is 6.83. The Bertz CT molecular complexity index is 462. The summed E-state index contributed by atoms with van der Waals surface area (Å²) in [5, 5.41) is 0.552. The van der Waals surface area contributed by atoms with Crippen LogP contribution in [0, 0.1) is 0 Å². The first-order valence-electron chi connectivity index (χ1n) is 6.00. The van der Waals surface area contributed by atoms with Crippen molar-refractivity contribution in [3.05, 3.63) is 28.8 Å². The summed E-state index contributed by atoms with van der Waals surface area (Å²) in [6.45, 7) is 1.54. The van der Waals surface area contributed by atoms with Crippen molar-refractivity contribution in [2.45, 2.75) is 12.5 Å². The predicted octanol–water partition coefficient (Wildman–Crippen LogP) is 1.70. The maximum Gasteiger partial charge on any atom is 0.255 e. The van der Waals surface area contributed by atoms with E-state index in [4.69, 9.17) is 17.3 Å². The zero-order chi connectivity index (χ0) is 13.3. The topological polar surface area (TPSA) is 49.6 Å². The lowest BCUT2D eigenvalue weighted by Crippen LogP contribution is -2.34. The van der Waals surface area contributed by atoms with E-state index in [9.17, 15) is 4.79 Å². The van der Waals surface area contributed by atoms with E-state index < -0.39 is 0 Å². The molecule has 1 heterocycles. The molecule has 0 saturated carbocycles. The maximum atomic E-state index is 12.3. The monoisotopic (exact) mass is 267 g/mol. The second-order valence-electron chi connectivity index (χ2n) is 4.89. The number of nitrogens with zero attached hydrogens (tertiary/aromatic N) is 2. The SMILES string of the molecule is CN(C)C1CCN(C(=O)c2ccc(Cl)cc2N)C1. The summed E-state index contributed by atoms with van der Waals surface area (Å²) in [6.07, 6.45) is 1.01. The molecule has 1 aliphatic rings. The molecule has 0 bridgehead atoms. The van der Waals surface area contributed by atoms with Crippen LogP contribution in [-0.4, -0.2) is 48.9 Å². The van der Waals surface area contributed by atoms with Gasteiger partial charge in [0.15, 0.2) is 0 Å². The Kier molecular flexibility index (Phi) is 3.78. The van der Waals surface area contributed by atoms with E-state index in [0.29, 0.717) is 22.3 Å². The molecule has 1 unspecified atom stereocenters. The number of nitrogen functional groups attached to an aromatic ring is 1. The van der Waals surface area contributed by atoms with Crippen LogP contribution in [0.4, 0.5) is 5.69 Å². The molecule has 2 rings (SSSR count). The highest BCUT2D eigenvalue weighted by Crippen LogP contribution is 2.22. The molecule has 1 atom stereocenters. The number of hydrogen-bond donors (Lipinski definition) is 1. The van der Waals surface area contributed by atoms with Gasteiger partial charge in [-0.3, -0.25) is 4.79 Å². The standard InChI is InChI=1S/C13H18ClN3O/c1-16(2)10-5-6-17(8-10)13(18)11-4-3-9(14)7-12(11)15/h3-4,7,10H,5-6,8,15H2,1-2H3. The minimum atomic E-state index is -0.00600. The zero-order valence-electron chi connectivity index (χ0n) is 10.7. The van der Waals surface area contributed by atoms with Gasteiger partial charge in [-0.25, -0.2) is 0 Å². The fourth-order valence-corrected chi connectivity index (χ4v) is 2.43. The van der Waals surface area contributed by atoms with Crippen LogP contribution in [0.5, 0.6) is 0 Å². The highest BCUT2D eigenvalue weighted by atomic mass is 35.5. The first-order chi connectivity index (χ1) is 8.49. The van der Waals surface area contributed by atoms with E-state index in [2.05, 4.69) is 4.90 Å². The minimum absolute atomic E-state index is 0.00600. The molecule has 5 heteroatoms. The number of likely N-dealkylation sites (tertiary alicyclic amines) is 1. The average Bonchev–Trinajstić information content (AvgIpc) is 2.77. The Labute approximate surface area is 112 Å². The van der Waals surface area contributed by atoms with Crippen molar-refractivity contribution in [2.75, 3.05) is 32.9 Å². The number of halogens is 1. The van der Waals surface area contributed by atoms with Gasteiger partial charge < -0.3 is 15.5 Å². The lowest BCUT2D eigenvalue weighted by Gasteiger charge is -2.21. The molecule has 0 radical (unpaired) electrons. The van der Waals surface area contributed by atoms with Gasteiger partial charge in [-0.05, 0) is 38.7 Å². The number of carbonyl (C=O) groups excluding carboxylic acids is 1. The number of anilines is 1. The van der Waals surface area contributed by atoms with Crippen LogP contribution in [0.2, 0.25) is 5.02 Å².